The van der Waals surface area contributed by atoms with E-state index in [9.17, 15) is 4.79 Å². The third-order valence-corrected chi connectivity index (χ3v) is 6.49. The van der Waals surface area contributed by atoms with Crippen molar-refractivity contribution in [1.82, 2.24) is 19.4 Å². The number of pyridine rings is 1. The van der Waals surface area contributed by atoms with Crippen LogP contribution in [0, 0.1) is 0 Å². The average molecular weight is 437 g/mol. The predicted molar refractivity (Wildman–Crippen MR) is 121 cm³/mol. The zero-order valence-electron chi connectivity index (χ0n) is 17.3. The smallest absolute Gasteiger partial charge is 0.246 e. The first kappa shape index (κ1) is 20.2. The van der Waals surface area contributed by atoms with E-state index in [1.165, 1.54) is 0 Å². The number of hydrogen-bond donors (Lipinski definition) is 0. The van der Waals surface area contributed by atoms with Crippen molar-refractivity contribution in [2.24, 2.45) is 0 Å². The number of carbonyl (C=O) groups is 1. The topological polar surface area (TPSA) is 60.2 Å². The van der Waals surface area contributed by atoms with Crippen molar-refractivity contribution in [1.29, 1.82) is 0 Å². The van der Waals surface area contributed by atoms with E-state index in [0.29, 0.717) is 18.1 Å². The number of rotatable bonds is 4. The number of imidazole rings is 1. The Bertz CT molecular complexity index is 1110. The molecule has 0 bridgehead atoms. The highest BCUT2D eigenvalue weighted by Gasteiger charge is 2.31. The zero-order valence-corrected chi connectivity index (χ0v) is 18.0. The summed E-state index contributed by atoms with van der Waals surface area (Å²) < 4.78 is 8.22. The van der Waals surface area contributed by atoms with Crippen LogP contribution < -0.4 is 0 Å². The van der Waals surface area contributed by atoms with Crippen molar-refractivity contribution in [3.63, 3.8) is 0 Å². The summed E-state index contributed by atoms with van der Waals surface area (Å²) in [6.45, 7) is 2.19. The number of halogens is 1. The fourth-order valence-electron chi connectivity index (χ4n) is 4.54. The Balaban J connectivity index is 1.32. The second-order valence-corrected chi connectivity index (χ2v) is 8.51. The quantitative estimate of drug-likeness (QED) is 0.550. The van der Waals surface area contributed by atoms with Gasteiger partial charge in [-0.3, -0.25) is 4.79 Å². The van der Waals surface area contributed by atoms with Crippen molar-refractivity contribution >= 4 is 34.7 Å². The van der Waals surface area contributed by atoms with Crippen LogP contribution in [0.5, 0.6) is 0 Å². The third kappa shape index (κ3) is 4.10. The van der Waals surface area contributed by atoms with Gasteiger partial charge in [-0.15, -0.1) is 0 Å². The Labute approximate surface area is 186 Å². The minimum atomic E-state index is 0.0198. The molecule has 2 aliphatic rings. The van der Waals surface area contributed by atoms with E-state index in [-0.39, 0.29) is 18.1 Å². The number of aromatic nitrogens is 3. The van der Waals surface area contributed by atoms with E-state index in [2.05, 4.69) is 9.55 Å². The summed E-state index contributed by atoms with van der Waals surface area (Å²) >= 11 is 6.19. The normalized spacial score (nSPS) is 20.2. The molecule has 7 heteroatoms. The highest BCUT2D eigenvalue weighted by molar-refractivity contribution is 6.32. The van der Waals surface area contributed by atoms with E-state index in [1.54, 1.807) is 12.2 Å². The minimum absolute atomic E-state index is 0.0198. The third-order valence-electron chi connectivity index (χ3n) is 6.15. The van der Waals surface area contributed by atoms with Gasteiger partial charge in [0.05, 0.1) is 0 Å². The molecule has 0 radical (unpaired) electrons. The molecule has 6 nitrogen and oxygen atoms in total. The first-order valence-electron chi connectivity index (χ1n) is 10.9. The summed E-state index contributed by atoms with van der Waals surface area (Å²) in [5.74, 6) is 1.00. The number of likely N-dealkylation sites (tertiary alicyclic amines) is 1. The maximum Gasteiger partial charge on any atom is 0.246 e. The molecule has 0 spiro atoms. The molecule has 0 aliphatic carbocycles. The van der Waals surface area contributed by atoms with Gasteiger partial charge >= 0.3 is 0 Å². The Morgan fingerprint density at radius 3 is 2.74 bits per heavy atom. The standard InChI is InChI=1S/C24H25ClN4O2/c25-19-6-2-1-5-17(19)9-10-22(30)28-14-11-18(12-15-28)29-23-20(7-3-13-26-23)27-24(29)21-8-4-16-31-21/h1-3,5-7,9-10,13,18,21H,4,8,11-12,14-16H2. The van der Waals surface area contributed by atoms with Gasteiger partial charge in [0.25, 0.3) is 0 Å². The number of carbonyl (C=O) groups excluding carboxylic acids is 1. The fourth-order valence-corrected chi connectivity index (χ4v) is 4.74. The van der Waals surface area contributed by atoms with Gasteiger partial charge in [0.1, 0.15) is 17.4 Å². The van der Waals surface area contributed by atoms with Crippen molar-refractivity contribution in [3.05, 3.63) is 65.1 Å². The molecule has 0 saturated carbocycles. The number of piperidine rings is 1. The molecule has 2 fully saturated rings. The van der Waals surface area contributed by atoms with Crippen molar-refractivity contribution < 1.29 is 9.53 Å². The monoisotopic (exact) mass is 436 g/mol. The van der Waals surface area contributed by atoms with Gasteiger partial charge in [-0.1, -0.05) is 29.8 Å². The van der Waals surface area contributed by atoms with Gasteiger partial charge in [-0.05, 0) is 55.5 Å². The van der Waals surface area contributed by atoms with E-state index >= 15 is 0 Å². The molecule has 2 saturated heterocycles. The summed E-state index contributed by atoms with van der Waals surface area (Å²) in [6, 6.07) is 11.7. The molecule has 1 unspecified atom stereocenters. The second kappa shape index (κ2) is 8.81. The molecular formula is C24H25ClN4O2. The van der Waals surface area contributed by atoms with Gasteiger partial charge in [-0.2, -0.15) is 0 Å². The molecule has 2 aliphatic heterocycles. The highest BCUT2D eigenvalue weighted by Crippen LogP contribution is 2.35. The molecule has 2 aromatic heterocycles. The highest BCUT2D eigenvalue weighted by atomic mass is 35.5. The summed E-state index contributed by atoms with van der Waals surface area (Å²) in [5.41, 5.74) is 2.68. The molecule has 0 N–H and O–H groups in total. The summed E-state index contributed by atoms with van der Waals surface area (Å²) in [7, 11) is 0. The molecule has 4 heterocycles. The minimum Gasteiger partial charge on any atom is -0.370 e. The SMILES string of the molecule is O=C(C=Cc1ccccc1Cl)N1CCC(n2c(C3CCCO3)nc3cccnc32)CC1. The summed E-state index contributed by atoms with van der Waals surface area (Å²) in [5, 5.41) is 0.645. The lowest BCUT2D eigenvalue weighted by molar-refractivity contribution is -0.127. The van der Waals surface area contributed by atoms with Crippen LogP contribution in [0.3, 0.4) is 0 Å². The van der Waals surface area contributed by atoms with Gasteiger partial charge < -0.3 is 14.2 Å². The first-order chi connectivity index (χ1) is 15.2. The van der Waals surface area contributed by atoms with Crippen LogP contribution in [-0.2, 0) is 9.53 Å². The molecule has 1 amide bonds. The van der Waals surface area contributed by atoms with Gasteiger partial charge in [0.15, 0.2) is 5.65 Å². The molecule has 3 aromatic rings. The molecule has 1 aromatic carbocycles. The number of amides is 1. The number of fused-ring (bicyclic) bond motifs is 1. The van der Waals surface area contributed by atoms with Crippen molar-refractivity contribution in [3.8, 4) is 0 Å². The van der Waals surface area contributed by atoms with Crippen LogP contribution in [-0.4, -0.2) is 45.0 Å². The predicted octanol–water partition coefficient (Wildman–Crippen LogP) is 4.81. The van der Waals surface area contributed by atoms with E-state index in [1.807, 2.05) is 47.5 Å². The first-order valence-corrected chi connectivity index (χ1v) is 11.2. The van der Waals surface area contributed by atoms with Crippen LogP contribution in [0.4, 0.5) is 0 Å². The molecule has 31 heavy (non-hydrogen) atoms. The number of benzene rings is 1. The summed E-state index contributed by atoms with van der Waals surface area (Å²) in [4.78, 5) is 24.1. The Hall–Kier alpha value is -2.70. The van der Waals surface area contributed by atoms with Crippen LogP contribution in [0.15, 0.2) is 48.7 Å². The van der Waals surface area contributed by atoms with Gasteiger partial charge in [0, 0.05) is 43.0 Å². The van der Waals surface area contributed by atoms with Crippen LogP contribution >= 0.6 is 11.6 Å². The van der Waals surface area contributed by atoms with Crippen LogP contribution in [0.25, 0.3) is 17.2 Å². The zero-order chi connectivity index (χ0) is 21.2. The molecule has 1 atom stereocenters. The maximum atomic E-state index is 12.7. The number of nitrogens with zero attached hydrogens (tertiary/aromatic N) is 4. The fraction of sp³-hybridized carbons (Fsp3) is 0.375. The maximum absolute atomic E-state index is 12.7. The lowest BCUT2D eigenvalue weighted by atomic mass is 10.0. The molecule has 5 rings (SSSR count). The van der Waals surface area contributed by atoms with E-state index in [0.717, 1.165) is 54.8 Å². The second-order valence-electron chi connectivity index (χ2n) is 8.10. The molecular weight excluding hydrogens is 412 g/mol. The van der Waals surface area contributed by atoms with Crippen molar-refractivity contribution in [2.75, 3.05) is 19.7 Å². The lowest BCUT2D eigenvalue weighted by Crippen LogP contribution is -2.38. The van der Waals surface area contributed by atoms with Crippen molar-refractivity contribution in [2.45, 2.75) is 37.8 Å². The number of hydrogen-bond acceptors (Lipinski definition) is 4. The largest absolute Gasteiger partial charge is 0.370 e. The summed E-state index contributed by atoms with van der Waals surface area (Å²) in [6.07, 6.45) is 9.05. The van der Waals surface area contributed by atoms with E-state index < -0.39 is 0 Å². The number of ether oxygens (including phenoxy) is 1. The van der Waals surface area contributed by atoms with E-state index in [4.69, 9.17) is 21.3 Å². The van der Waals surface area contributed by atoms with Crippen LogP contribution in [0.2, 0.25) is 5.02 Å². The Morgan fingerprint density at radius 1 is 1.13 bits per heavy atom. The van der Waals surface area contributed by atoms with Gasteiger partial charge in [-0.25, -0.2) is 9.97 Å². The molecule has 160 valence electrons. The lowest BCUT2D eigenvalue weighted by Gasteiger charge is -2.33. The Morgan fingerprint density at radius 2 is 1.97 bits per heavy atom. The van der Waals surface area contributed by atoms with Gasteiger partial charge in [0.2, 0.25) is 5.91 Å². The average Bonchev–Trinajstić information content (AvgIpc) is 3.46. The Kier molecular flexibility index (Phi) is 5.74. The van der Waals surface area contributed by atoms with Crippen LogP contribution in [0.1, 0.15) is 49.2 Å².